The first-order valence-corrected chi connectivity index (χ1v) is 13.8. The molecule has 5 nitrogen and oxygen atoms in total. The number of nitrogens with one attached hydrogen (secondary N) is 1. The smallest absolute Gasteiger partial charge is 0.338 e. The van der Waals surface area contributed by atoms with Gasteiger partial charge in [-0.3, -0.25) is 4.79 Å². The zero-order valence-corrected chi connectivity index (χ0v) is 22.9. The zero-order valence-electron chi connectivity index (χ0n) is 22.9. The fraction of sp³-hybridized carbons (Fsp3) is 0.0811. The Morgan fingerprint density at radius 2 is 1.31 bits per heavy atom. The summed E-state index contributed by atoms with van der Waals surface area (Å²) in [4.78, 5) is 28.0. The Kier molecular flexibility index (Phi) is 7.64. The fourth-order valence-corrected chi connectivity index (χ4v) is 5.32. The molecular formula is C37H29NO4. The Balaban J connectivity index is 1.50. The van der Waals surface area contributed by atoms with Crippen LogP contribution in [0.4, 0.5) is 0 Å². The van der Waals surface area contributed by atoms with E-state index in [-0.39, 0.29) is 12.3 Å². The Morgan fingerprint density at radius 3 is 2.00 bits per heavy atom. The number of cyclic esters (lactones) is 1. The predicted molar refractivity (Wildman–Crippen MR) is 163 cm³/mol. The topological polar surface area (TPSA) is 64.6 Å². The minimum Gasteiger partial charge on any atom is -0.457 e. The van der Waals surface area contributed by atoms with Crippen LogP contribution in [0.3, 0.4) is 0 Å². The molecule has 0 unspecified atom stereocenters. The maximum Gasteiger partial charge on any atom is 0.338 e. The molecule has 0 radical (unpaired) electrons. The van der Waals surface area contributed by atoms with E-state index in [1.54, 1.807) is 24.3 Å². The van der Waals surface area contributed by atoms with E-state index < -0.39 is 17.4 Å². The van der Waals surface area contributed by atoms with Crippen molar-refractivity contribution in [2.45, 2.75) is 17.9 Å². The summed E-state index contributed by atoms with van der Waals surface area (Å²) in [6, 6.07) is 45.3. The Bertz CT molecular complexity index is 1700. The monoisotopic (exact) mass is 551 g/mol. The molecule has 5 aromatic carbocycles. The summed E-state index contributed by atoms with van der Waals surface area (Å²) in [5, 5.41) is 3.14. The number of benzene rings is 5. The number of esters is 1. The zero-order chi connectivity index (χ0) is 28.8. The molecule has 0 spiro atoms. The Hall–Kier alpha value is -5.42. The fourth-order valence-electron chi connectivity index (χ4n) is 5.32. The van der Waals surface area contributed by atoms with Crippen LogP contribution in [0.15, 0.2) is 152 Å². The highest BCUT2D eigenvalue weighted by Gasteiger charge is 2.51. The number of ether oxygens (including phenoxy) is 2. The van der Waals surface area contributed by atoms with Crippen molar-refractivity contribution in [3.63, 3.8) is 0 Å². The molecule has 1 heterocycles. The van der Waals surface area contributed by atoms with Gasteiger partial charge < -0.3 is 14.8 Å². The van der Waals surface area contributed by atoms with Crippen LogP contribution in [-0.2, 0) is 16.0 Å². The third-order valence-corrected chi connectivity index (χ3v) is 7.37. The van der Waals surface area contributed by atoms with Crippen molar-refractivity contribution in [2.24, 2.45) is 0 Å². The normalized spacial score (nSPS) is 18.0. The van der Waals surface area contributed by atoms with Crippen molar-refractivity contribution in [2.75, 3.05) is 0 Å². The number of amides is 1. The van der Waals surface area contributed by atoms with Gasteiger partial charge in [0, 0.05) is 23.5 Å². The Labute approximate surface area is 245 Å². The van der Waals surface area contributed by atoms with Crippen molar-refractivity contribution >= 4 is 17.6 Å². The molecule has 1 amide bonds. The van der Waals surface area contributed by atoms with Crippen molar-refractivity contribution in [1.82, 2.24) is 5.32 Å². The van der Waals surface area contributed by atoms with E-state index in [4.69, 9.17) is 9.47 Å². The first kappa shape index (κ1) is 26.8. The van der Waals surface area contributed by atoms with Gasteiger partial charge >= 0.3 is 5.97 Å². The SMILES string of the molecule is O=C(N[C@]1(Cc2ccccc2)C(=O)OC(c2ccccc2)=C[C@@H]1c1cccc(Oc2ccccc2)c1)c1ccccc1. The molecule has 5 heteroatoms. The van der Waals surface area contributed by atoms with E-state index >= 15 is 0 Å². The molecule has 0 aliphatic carbocycles. The summed E-state index contributed by atoms with van der Waals surface area (Å²) in [6.07, 6.45) is 2.16. The maximum atomic E-state index is 14.3. The van der Waals surface area contributed by atoms with Crippen LogP contribution in [0.1, 0.15) is 33.0 Å². The Morgan fingerprint density at radius 1 is 0.714 bits per heavy atom. The molecule has 0 saturated heterocycles. The molecule has 0 bridgehead atoms. The van der Waals surface area contributed by atoms with E-state index in [1.165, 1.54) is 0 Å². The van der Waals surface area contributed by atoms with Gasteiger partial charge in [-0.05, 0) is 53.6 Å². The molecule has 1 N–H and O–H groups in total. The second kappa shape index (κ2) is 12.0. The van der Waals surface area contributed by atoms with Gasteiger partial charge in [-0.15, -0.1) is 0 Å². The van der Waals surface area contributed by atoms with Gasteiger partial charge in [0.25, 0.3) is 5.91 Å². The molecule has 0 aromatic heterocycles. The molecule has 206 valence electrons. The van der Waals surface area contributed by atoms with E-state index in [9.17, 15) is 9.59 Å². The molecule has 1 aliphatic rings. The lowest BCUT2D eigenvalue weighted by Gasteiger charge is -2.41. The third-order valence-electron chi connectivity index (χ3n) is 7.37. The van der Waals surface area contributed by atoms with Crippen LogP contribution < -0.4 is 10.1 Å². The van der Waals surface area contributed by atoms with Crippen molar-refractivity contribution in [3.05, 3.63) is 174 Å². The highest BCUT2D eigenvalue weighted by molar-refractivity contribution is 6.00. The van der Waals surface area contributed by atoms with E-state index in [2.05, 4.69) is 5.32 Å². The molecule has 0 fully saturated rings. The van der Waals surface area contributed by atoms with Gasteiger partial charge in [0.2, 0.25) is 0 Å². The molecule has 6 rings (SSSR count). The lowest BCUT2D eigenvalue weighted by atomic mass is 9.73. The summed E-state index contributed by atoms with van der Waals surface area (Å²) in [7, 11) is 0. The predicted octanol–water partition coefficient (Wildman–Crippen LogP) is 7.57. The second-order valence-electron chi connectivity index (χ2n) is 10.2. The third kappa shape index (κ3) is 5.72. The van der Waals surface area contributed by atoms with Gasteiger partial charge in [-0.1, -0.05) is 109 Å². The first-order chi connectivity index (χ1) is 20.6. The minimum atomic E-state index is -1.45. The van der Waals surface area contributed by atoms with Crippen LogP contribution in [0.5, 0.6) is 11.5 Å². The van der Waals surface area contributed by atoms with E-state index in [0.29, 0.717) is 22.8 Å². The lowest BCUT2D eigenvalue weighted by molar-refractivity contribution is -0.145. The van der Waals surface area contributed by atoms with Crippen molar-refractivity contribution in [1.29, 1.82) is 0 Å². The molecule has 2 atom stereocenters. The van der Waals surface area contributed by atoms with Crippen LogP contribution in [0.25, 0.3) is 5.76 Å². The van der Waals surface area contributed by atoms with Gasteiger partial charge in [0.05, 0.1) is 0 Å². The second-order valence-corrected chi connectivity index (χ2v) is 10.2. The van der Waals surface area contributed by atoms with Crippen LogP contribution in [-0.4, -0.2) is 17.4 Å². The van der Waals surface area contributed by atoms with Gasteiger partial charge in [-0.25, -0.2) is 4.79 Å². The number of carbonyl (C=O) groups excluding carboxylic acids is 2. The van der Waals surface area contributed by atoms with E-state index in [0.717, 1.165) is 16.7 Å². The van der Waals surface area contributed by atoms with Gasteiger partial charge in [0.1, 0.15) is 17.3 Å². The highest BCUT2D eigenvalue weighted by atomic mass is 16.5. The number of carbonyl (C=O) groups is 2. The standard InChI is InChI=1S/C37H29NO4/c39-35(29-18-9-3-10-19-29)38-37(26-27-14-5-1-6-15-27)33(25-34(42-36(37)40)28-16-7-2-8-17-28)30-20-13-23-32(24-30)41-31-21-11-4-12-22-31/h1-25,33H,26H2,(H,38,39)/t33-,37+/m1/s1. The number of hydrogen-bond acceptors (Lipinski definition) is 4. The van der Waals surface area contributed by atoms with Crippen molar-refractivity contribution in [3.8, 4) is 11.5 Å². The lowest BCUT2D eigenvalue weighted by Crippen LogP contribution is -2.61. The van der Waals surface area contributed by atoms with E-state index in [1.807, 2.05) is 127 Å². The quantitative estimate of drug-likeness (QED) is 0.202. The molecule has 0 saturated carbocycles. The summed E-state index contributed by atoms with van der Waals surface area (Å²) in [6.45, 7) is 0. The van der Waals surface area contributed by atoms with Crippen LogP contribution in [0, 0.1) is 0 Å². The number of rotatable bonds is 8. The highest BCUT2D eigenvalue weighted by Crippen LogP contribution is 2.42. The molecular weight excluding hydrogens is 522 g/mol. The maximum absolute atomic E-state index is 14.3. The molecule has 42 heavy (non-hydrogen) atoms. The van der Waals surface area contributed by atoms with Crippen LogP contribution in [0.2, 0.25) is 0 Å². The van der Waals surface area contributed by atoms with Gasteiger partial charge in [-0.2, -0.15) is 0 Å². The number of para-hydroxylation sites is 1. The van der Waals surface area contributed by atoms with Crippen LogP contribution >= 0.6 is 0 Å². The van der Waals surface area contributed by atoms with Crippen molar-refractivity contribution < 1.29 is 19.1 Å². The summed E-state index contributed by atoms with van der Waals surface area (Å²) < 4.78 is 12.2. The number of hydrogen-bond donors (Lipinski definition) is 1. The average Bonchev–Trinajstić information content (AvgIpc) is 3.04. The average molecular weight is 552 g/mol. The largest absolute Gasteiger partial charge is 0.457 e. The summed E-state index contributed by atoms with van der Waals surface area (Å²) in [5.41, 5.74) is 1.47. The molecule has 1 aliphatic heterocycles. The summed E-state index contributed by atoms with van der Waals surface area (Å²) >= 11 is 0. The molecule has 5 aromatic rings. The van der Waals surface area contributed by atoms with Gasteiger partial charge in [0.15, 0.2) is 5.54 Å². The summed E-state index contributed by atoms with van der Waals surface area (Å²) in [5.74, 6) is 0.290. The minimum absolute atomic E-state index is 0.220. The first-order valence-electron chi connectivity index (χ1n) is 13.8.